The molecule has 0 unspecified atom stereocenters. The van der Waals surface area contributed by atoms with Gasteiger partial charge in [0.2, 0.25) is 0 Å². The molecule has 15 heavy (non-hydrogen) atoms. The molecule has 0 radical (unpaired) electrons. The van der Waals surface area contributed by atoms with Gasteiger partial charge in [-0.25, -0.2) is 0 Å². The molecule has 0 aromatic heterocycles. The van der Waals surface area contributed by atoms with Gasteiger partial charge in [-0.15, -0.1) is 0 Å². The number of halogens is 1. The van der Waals surface area contributed by atoms with Gasteiger partial charge < -0.3 is 5.32 Å². The minimum Gasteiger partial charge on any atom is -0.310 e. The number of nitrogens with one attached hydrogen (secondary N) is 1. The molecule has 0 spiro atoms. The first-order valence-corrected chi connectivity index (χ1v) is 6.53. The first-order valence-electron chi connectivity index (χ1n) is 5.74. The summed E-state index contributed by atoms with van der Waals surface area (Å²) in [5.41, 5.74) is 2.79. The lowest BCUT2D eigenvalue weighted by molar-refractivity contribution is 0.523. The van der Waals surface area contributed by atoms with Crippen LogP contribution in [0.3, 0.4) is 0 Å². The quantitative estimate of drug-likeness (QED) is 0.879. The van der Waals surface area contributed by atoms with Crippen molar-refractivity contribution in [1.82, 2.24) is 5.32 Å². The molecule has 2 rings (SSSR count). The minimum atomic E-state index is 0.753. The monoisotopic (exact) mass is 267 g/mol. The second kappa shape index (κ2) is 5.13. The van der Waals surface area contributed by atoms with Gasteiger partial charge in [0.15, 0.2) is 0 Å². The van der Waals surface area contributed by atoms with Crippen LogP contribution in [0.5, 0.6) is 0 Å². The van der Waals surface area contributed by atoms with Crippen LogP contribution >= 0.6 is 15.9 Å². The number of aryl methyl sites for hydroxylation is 1. The van der Waals surface area contributed by atoms with Gasteiger partial charge in [-0.3, -0.25) is 0 Å². The maximum absolute atomic E-state index is 3.65. The lowest BCUT2D eigenvalue weighted by Gasteiger charge is -2.13. The van der Waals surface area contributed by atoms with E-state index in [1.54, 1.807) is 0 Å². The van der Waals surface area contributed by atoms with Crippen molar-refractivity contribution in [3.63, 3.8) is 0 Å². The molecule has 2 heteroatoms. The number of hydrogen-bond donors (Lipinski definition) is 1. The van der Waals surface area contributed by atoms with E-state index >= 15 is 0 Å². The Morgan fingerprint density at radius 3 is 2.80 bits per heavy atom. The third-order valence-electron chi connectivity index (χ3n) is 3.25. The second-order valence-electron chi connectivity index (χ2n) is 4.43. The summed E-state index contributed by atoms with van der Waals surface area (Å²) in [6.45, 7) is 3.19. The summed E-state index contributed by atoms with van der Waals surface area (Å²) in [5.74, 6) is 0. The lowest BCUT2D eigenvalue weighted by Crippen LogP contribution is -2.25. The molecule has 0 saturated heterocycles. The van der Waals surface area contributed by atoms with Crippen LogP contribution in [0.15, 0.2) is 22.7 Å². The van der Waals surface area contributed by atoms with Gasteiger partial charge in [0.1, 0.15) is 0 Å². The van der Waals surface area contributed by atoms with Crippen molar-refractivity contribution in [2.24, 2.45) is 0 Å². The van der Waals surface area contributed by atoms with E-state index < -0.39 is 0 Å². The van der Waals surface area contributed by atoms with Gasteiger partial charge in [-0.1, -0.05) is 34.8 Å². The van der Waals surface area contributed by atoms with Crippen LogP contribution in [-0.4, -0.2) is 6.04 Å². The number of hydrogen-bond acceptors (Lipinski definition) is 1. The van der Waals surface area contributed by atoms with Crippen LogP contribution in [-0.2, 0) is 6.54 Å². The van der Waals surface area contributed by atoms with E-state index in [2.05, 4.69) is 46.4 Å². The zero-order chi connectivity index (χ0) is 10.7. The first kappa shape index (κ1) is 11.2. The summed E-state index contributed by atoms with van der Waals surface area (Å²) < 4.78 is 1.18. The average Bonchev–Trinajstić information content (AvgIpc) is 2.72. The van der Waals surface area contributed by atoms with Crippen molar-refractivity contribution < 1.29 is 0 Å². The van der Waals surface area contributed by atoms with Gasteiger partial charge in [0.05, 0.1) is 0 Å². The number of benzene rings is 1. The van der Waals surface area contributed by atoms with Crippen LogP contribution in [0.2, 0.25) is 0 Å². The highest BCUT2D eigenvalue weighted by Gasteiger charge is 2.14. The summed E-state index contributed by atoms with van der Waals surface area (Å²) in [6, 6.07) is 7.25. The summed E-state index contributed by atoms with van der Waals surface area (Å²) >= 11 is 3.52. The molecule has 1 nitrogen and oxygen atoms in total. The third kappa shape index (κ3) is 3.05. The third-order valence-corrected chi connectivity index (χ3v) is 3.74. The van der Waals surface area contributed by atoms with E-state index in [9.17, 15) is 0 Å². The molecule has 1 aromatic rings. The Balaban J connectivity index is 1.94. The van der Waals surface area contributed by atoms with E-state index in [0.717, 1.165) is 12.6 Å². The Morgan fingerprint density at radius 2 is 2.07 bits per heavy atom. The highest BCUT2D eigenvalue weighted by Crippen LogP contribution is 2.20. The van der Waals surface area contributed by atoms with Gasteiger partial charge in [-0.2, -0.15) is 0 Å². The Morgan fingerprint density at radius 1 is 1.33 bits per heavy atom. The molecular weight excluding hydrogens is 250 g/mol. The van der Waals surface area contributed by atoms with Crippen LogP contribution in [0.25, 0.3) is 0 Å². The van der Waals surface area contributed by atoms with E-state index in [4.69, 9.17) is 0 Å². The van der Waals surface area contributed by atoms with E-state index in [1.807, 2.05) is 0 Å². The normalized spacial score (nSPS) is 17.2. The first-order chi connectivity index (χ1) is 7.25. The molecule has 1 fully saturated rings. The molecule has 1 aliphatic rings. The van der Waals surface area contributed by atoms with E-state index in [0.29, 0.717) is 0 Å². The Hall–Kier alpha value is -0.340. The summed E-state index contributed by atoms with van der Waals surface area (Å²) in [4.78, 5) is 0. The summed E-state index contributed by atoms with van der Waals surface area (Å²) in [5, 5.41) is 3.65. The van der Waals surface area contributed by atoms with Crippen LogP contribution in [0.4, 0.5) is 0 Å². The van der Waals surface area contributed by atoms with Gasteiger partial charge in [0.25, 0.3) is 0 Å². The zero-order valence-corrected chi connectivity index (χ0v) is 10.8. The van der Waals surface area contributed by atoms with Crippen molar-refractivity contribution in [3.8, 4) is 0 Å². The smallest absolute Gasteiger partial charge is 0.0211 e. The lowest BCUT2D eigenvalue weighted by atomic mass is 10.1. The highest BCUT2D eigenvalue weighted by molar-refractivity contribution is 9.10. The van der Waals surface area contributed by atoms with Crippen molar-refractivity contribution in [2.45, 2.75) is 45.2 Å². The van der Waals surface area contributed by atoms with Crippen molar-refractivity contribution in [3.05, 3.63) is 33.8 Å². The SMILES string of the molecule is Cc1ccc(Br)cc1CNC1CCCC1. The van der Waals surface area contributed by atoms with Gasteiger partial charge in [-0.05, 0) is 43.0 Å². The summed E-state index contributed by atoms with van der Waals surface area (Å²) in [7, 11) is 0. The molecule has 1 saturated carbocycles. The van der Waals surface area contributed by atoms with Crippen molar-refractivity contribution in [1.29, 1.82) is 0 Å². The molecule has 1 aliphatic carbocycles. The Bertz CT molecular complexity index is 329. The fraction of sp³-hybridized carbons (Fsp3) is 0.538. The molecule has 82 valence electrons. The molecule has 1 aromatic carbocycles. The molecule has 0 bridgehead atoms. The minimum absolute atomic E-state index is 0.753. The maximum Gasteiger partial charge on any atom is 0.0211 e. The van der Waals surface area contributed by atoms with Gasteiger partial charge >= 0.3 is 0 Å². The van der Waals surface area contributed by atoms with Crippen LogP contribution in [0.1, 0.15) is 36.8 Å². The van der Waals surface area contributed by atoms with Crippen LogP contribution in [0, 0.1) is 6.92 Å². The van der Waals surface area contributed by atoms with Crippen molar-refractivity contribution in [2.75, 3.05) is 0 Å². The second-order valence-corrected chi connectivity index (χ2v) is 5.35. The Labute approximate surface area is 100 Å². The highest BCUT2D eigenvalue weighted by atomic mass is 79.9. The zero-order valence-electron chi connectivity index (χ0n) is 9.22. The van der Waals surface area contributed by atoms with E-state index in [1.165, 1.54) is 41.3 Å². The largest absolute Gasteiger partial charge is 0.310 e. The molecule has 1 N–H and O–H groups in total. The molecule has 0 heterocycles. The van der Waals surface area contributed by atoms with Gasteiger partial charge in [0, 0.05) is 17.1 Å². The number of rotatable bonds is 3. The topological polar surface area (TPSA) is 12.0 Å². The van der Waals surface area contributed by atoms with E-state index in [-0.39, 0.29) is 0 Å². The fourth-order valence-corrected chi connectivity index (χ4v) is 2.62. The summed E-state index contributed by atoms with van der Waals surface area (Å²) in [6.07, 6.45) is 5.50. The fourth-order valence-electron chi connectivity index (χ4n) is 2.21. The average molecular weight is 268 g/mol. The Kier molecular flexibility index (Phi) is 3.81. The molecule has 0 atom stereocenters. The standard InChI is InChI=1S/C13H18BrN/c1-10-6-7-12(14)8-11(10)9-15-13-4-2-3-5-13/h6-8,13,15H,2-5,9H2,1H3. The van der Waals surface area contributed by atoms with Crippen LogP contribution < -0.4 is 5.32 Å². The maximum atomic E-state index is 3.65. The molecule has 0 amide bonds. The molecule has 0 aliphatic heterocycles. The predicted molar refractivity (Wildman–Crippen MR) is 68.0 cm³/mol. The predicted octanol–water partition coefficient (Wildman–Crippen LogP) is 3.79. The van der Waals surface area contributed by atoms with Crippen molar-refractivity contribution >= 4 is 15.9 Å². The molecular formula is C13H18BrN.